The third-order valence-electron chi connectivity index (χ3n) is 3.58. The molecule has 0 saturated heterocycles. The van der Waals surface area contributed by atoms with Crippen LogP contribution in [0.1, 0.15) is 5.56 Å². The van der Waals surface area contributed by atoms with E-state index in [1.165, 1.54) is 17.0 Å². The lowest BCUT2D eigenvalue weighted by molar-refractivity contribution is -0.123. The molecule has 3 rings (SSSR count). The van der Waals surface area contributed by atoms with Crippen LogP contribution in [0.2, 0.25) is 0 Å². The van der Waals surface area contributed by atoms with Crippen molar-refractivity contribution in [3.05, 3.63) is 53.8 Å². The Morgan fingerprint density at radius 1 is 1.30 bits per heavy atom. The second-order valence-corrected chi connectivity index (χ2v) is 5.24. The van der Waals surface area contributed by atoms with Gasteiger partial charge in [-0.1, -0.05) is 18.2 Å². The molecule has 0 fully saturated rings. The van der Waals surface area contributed by atoms with E-state index in [4.69, 9.17) is 4.74 Å². The molecule has 1 aliphatic rings. The van der Waals surface area contributed by atoms with Crippen molar-refractivity contribution in [2.24, 2.45) is 0 Å². The normalized spacial score (nSPS) is 13.3. The van der Waals surface area contributed by atoms with Crippen LogP contribution < -0.4 is 15.0 Å². The van der Waals surface area contributed by atoms with Gasteiger partial charge in [0.25, 0.3) is 5.91 Å². The van der Waals surface area contributed by atoms with E-state index in [0.717, 1.165) is 5.56 Å². The lowest BCUT2D eigenvalue weighted by Gasteiger charge is -2.28. The number of anilines is 2. The van der Waals surface area contributed by atoms with Gasteiger partial charge in [0.05, 0.1) is 5.69 Å². The predicted octanol–water partition coefficient (Wildman–Crippen LogP) is 2.50. The summed E-state index contributed by atoms with van der Waals surface area (Å²) < 4.78 is 18.6. The fraction of sp³-hybridized carbons (Fsp3) is 0.176. The molecule has 5 nitrogen and oxygen atoms in total. The quantitative estimate of drug-likeness (QED) is 0.947. The third kappa shape index (κ3) is 3.15. The first kappa shape index (κ1) is 15.0. The Hall–Kier alpha value is -2.89. The summed E-state index contributed by atoms with van der Waals surface area (Å²) in [6.45, 7) is 1.50. The number of rotatable bonds is 3. The zero-order chi connectivity index (χ0) is 16.4. The van der Waals surface area contributed by atoms with E-state index in [-0.39, 0.29) is 19.1 Å². The number of carbonyl (C=O) groups is 2. The first-order valence-electron chi connectivity index (χ1n) is 7.13. The molecular formula is C17H15FN2O3. The first-order chi connectivity index (χ1) is 11.0. The lowest BCUT2D eigenvalue weighted by atomic mass is 10.2. The van der Waals surface area contributed by atoms with Crippen LogP contribution in [-0.4, -0.2) is 25.0 Å². The largest absolute Gasteiger partial charge is 0.482 e. The standard InChI is InChI=1S/C17H15FN2O3/c1-11-6-7-12(18)8-13(11)19-16(21)9-20-14-4-2-3-5-15(14)23-10-17(20)22/h2-8H,9-10H2,1H3,(H,19,21). The molecule has 23 heavy (non-hydrogen) atoms. The molecule has 0 unspecified atom stereocenters. The van der Waals surface area contributed by atoms with Gasteiger partial charge in [0, 0.05) is 5.69 Å². The maximum absolute atomic E-state index is 13.3. The van der Waals surface area contributed by atoms with Gasteiger partial charge >= 0.3 is 0 Å². The minimum atomic E-state index is -0.432. The second-order valence-electron chi connectivity index (χ2n) is 5.24. The zero-order valence-electron chi connectivity index (χ0n) is 12.5. The van der Waals surface area contributed by atoms with Crippen molar-refractivity contribution in [3.8, 4) is 5.75 Å². The van der Waals surface area contributed by atoms with E-state index in [1.807, 2.05) is 0 Å². The summed E-state index contributed by atoms with van der Waals surface area (Å²) in [5.41, 5.74) is 1.69. The van der Waals surface area contributed by atoms with Gasteiger partial charge in [0.2, 0.25) is 5.91 Å². The highest BCUT2D eigenvalue weighted by atomic mass is 19.1. The molecule has 0 spiro atoms. The predicted molar refractivity (Wildman–Crippen MR) is 84.1 cm³/mol. The van der Waals surface area contributed by atoms with E-state index in [9.17, 15) is 14.0 Å². The maximum Gasteiger partial charge on any atom is 0.265 e. The van der Waals surface area contributed by atoms with Crippen LogP contribution in [0.5, 0.6) is 5.75 Å². The summed E-state index contributed by atoms with van der Waals surface area (Å²) in [5, 5.41) is 2.64. The summed E-state index contributed by atoms with van der Waals surface area (Å²) in [7, 11) is 0. The van der Waals surface area contributed by atoms with E-state index in [2.05, 4.69) is 5.32 Å². The number of carbonyl (C=O) groups excluding carboxylic acids is 2. The second kappa shape index (κ2) is 6.08. The van der Waals surface area contributed by atoms with E-state index in [0.29, 0.717) is 17.1 Å². The number of ether oxygens (including phenoxy) is 1. The van der Waals surface area contributed by atoms with Gasteiger partial charge in [-0.15, -0.1) is 0 Å². The number of amides is 2. The number of benzene rings is 2. The molecule has 0 aromatic heterocycles. The minimum Gasteiger partial charge on any atom is -0.482 e. The highest BCUT2D eigenvalue weighted by Gasteiger charge is 2.27. The molecule has 0 atom stereocenters. The Morgan fingerprint density at radius 2 is 2.09 bits per heavy atom. The summed E-state index contributed by atoms with van der Waals surface area (Å²) >= 11 is 0. The molecule has 0 saturated carbocycles. The van der Waals surface area contributed by atoms with Gasteiger partial charge in [-0.05, 0) is 36.8 Å². The fourth-order valence-electron chi connectivity index (χ4n) is 2.39. The van der Waals surface area contributed by atoms with Crippen molar-refractivity contribution in [1.82, 2.24) is 0 Å². The number of fused-ring (bicyclic) bond motifs is 1. The molecular weight excluding hydrogens is 299 g/mol. The van der Waals surface area contributed by atoms with Crippen LogP contribution >= 0.6 is 0 Å². The van der Waals surface area contributed by atoms with Crippen LogP contribution in [0.15, 0.2) is 42.5 Å². The first-order valence-corrected chi connectivity index (χ1v) is 7.13. The number of nitrogens with one attached hydrogen (secondary N) is 1. The summed E-state index contributed by atoms with van der Waals surface area (Å²) in [5.74, 6) is -0.570. The van der Waals surface area contributed by atoms with Gasteiger partial charge in [0.15, 0.2) is 6.61 Å². The number of hydrogen-bond acceptors (Lipinski definition) is 3. The summed E-state index contributed by atoms with van der Waals surface area (Å²) in [6, 6.07) is 11.2. The Labute approximate surface area is 132 Å². The number of aryl methyl sites for hydroxylation is 1. The Kier molecular flexibility index (Phi) is 3.97. The molecule has 1 N–H and O–H groups in total. The number of nitrogens with zero attached hydrogens (tertiary/aromatic N) is 1. The summed E-state index contributed by atoms with van der Waals surface area (Å²) in [4.78, 5) is 25.6. The highest BCUT2D eigenvalue weighted by molar-refractivity contribution is 6.05. The topological polar surface area (TPSA) is 58.6 Å². The number of hydrogen-bond donors (Lipinski definition) is 1. The molecule has 2 amide bonds. The lowest BCUT2D eigenvalue weighted by Crippen LogP contribution is -2.43. The zero-order valence-corrected chi connectivity index (χ0v) is 12.5. The monoisotopic (exact) mass is 314 g/mol. The van der Waals surface area contributed by atoms with Crippen molar-refractivity contribution in [2.75, 3.05) is 23.4 Å². The van der Waals surface area contributed by atoms with Gasteiger partial charge < -0.3 is 10.1 Å². The van der Waals surface area contributed by atoms with Gasteiger partial charge in [0.1, 0.15) is 18.1 Å². The fourth-order valence-corrected chi connectivity index (χ4v) is 2.39. The van der Waals surface area contributed by atoms with Crippen LogP contribution in [0.4, 0.5) is 15.8 Å². The van der Waals surface area contributed by atoms with Gasteiger partial charge in [-0.25, -0.2) is 4.39 Å². The van der Waals surface area contributed by atoms with E-state index in [1.54, 1.807) is 37.3 Å². The van der Waals surface area contributed by atoms with Crippen LogP contribution in [0.25, 0.3) is 0 Å². The smallest absolute Gasteiger partial charge is 0.265 e. The van der Waals surface area contributed by atoms with Crippen molar-refractivity contribution >= 4 is 23.2 Å². The molecule has 2 aromatic carbocycles. The Bertz CT molecular complexity index is 776. The average molecular weight is 314 g/mol. The van der Waals surface area contributed by atoms with Crippen molar-refractivity contribution < 1.29 is 18.7 Å². The minimum absolute atomic E-state index is 0.108. The van der Waals surface area contributed by atoms with Gasteiger partial charge in [-0.2, -0.15) is 0 Å². The number of halogens is 1. The van der Waals surface area contributed by atoms with Crippen LogP contribution in [-0.2, 0) is 9.59 Å². The van der Waals surface area contributed by atoms with Crippen molar-refractivity contribution in [2.45, 2.75) is 6.92 Å². The average Bonchev–Trinajstić information content (AvgIpc) is 2.54. The van der Waals surface area contributed by atoms with Crippen molar-refractivity contribution in [3.63, 3.8) is 0 Å². The molecule has 1 aliphatic heterocycles. The summed E-state index contributed by atoms with van der Waals surface area (Å²) in [6.07, 6.45) is 0. The Balaban J connectivity index is 1.78. The molecule has 0 aliphatic carbocycles. The molecule has 118 valence electrons. The third-order valence-corrected chi connectivity index (χ3v) is 3.58. The number of para-hydroxylation sites is 2. The maximum atomic E-state index is 13.3. The van der Waals surface area contributed by atoms with Crippen molar-refractivity contribution in [1.29, 1.82) is 0 Å². The van der Waals surface area contributed by atoms with Crippen LogP contribution in [0, 0.1) is 12.7 Å². The van der Waals surface area contributed by atoms with Crippen LogP contribution in [0.3, 0.4) is 0 Å². The van der Waals surface area contributed by atoms with E-state index < -0.39 is 11.7 Å². The highest BCUT2D eigenvalue weighted by Crippen LogP contribution is 2.31. The molecule has 0 radical (unpaired) electrons. The molecule has 2 aromatic rings. The Morgan fingerprint density at radius 3 is 2.91 bits per heavy atom. The molecule has 1 heterocycles. The molecule has 0 bridgehead atoms. The van der Waals surface area contributed by atoms with E-state index >= 15 is 0 Å². The molecule has 6 heteroatoms. The van der Waals surface area contributed by atoms with Gasteiger partial charge in [-0.3, -0.25) is 14.5 Å². The SMILES string of the molecule is Cc1ccc(F)cc1NC(=O)CN1C(=O)COc2ccccc21.